The van der Waals surface area contributed by atoms with Gasteiger partial charge < -0.3 is 20.3 Å². The van der Waals surface area contributed by atoms with Gasteiger partial charge in [-0.1, -0.05) is 6.07 Å². The molecule has 6 nitrogen and oxygen atoms in total. The van der Waals surface area contributed by atoms with Crippen molar-refractivity contribution in [3.05, 3.63) is 65.7 Å². The number of hydrogen-bond donors (Lipinski definition) is 1. The standard InChI is InChI=1S/C22H24FN5O/c1-15-3-8-19(13-16(15)2)29-22-20(24)21(25-14-26-22)28-11-9-27(10-12-28)18-6-4-17(23)5-7-18/h3-8,13-14H,9-12,24H2,1-2H3. The minimum Gasteiger partial charge on any atom is -0.437 e. The zero-order chi connectivity index (χ0) is 20.4. The molecule has 1 aliphatic heterocycles. The van der Waals surface area contributed by atoms with Crippen molar-refractivity contribution in [3.63, 3.8) is 0 Å². The lowest BCUT2D eigenvalue weighted by atomic mass is 10.1. The topological polar surface area (TPSA) is 67.5 Å². The summed E-state index contributed by atoms with van der Waals surface area (Å²) in [7, 11) is 0. The number of hydrogen-bond acceptors (Lipinski definition) is 6. The van der Waals surface area contributed by atoms with Crippen LogP contribution in [0.5, 0.6) is 11.6 Å². The van der Waals surface area contributed by atoms with Gasteiger partial charge in [-0.2, -0.15) is 4.98 Å². The average molecular weight is 393 g/mol. The van der Waals surface area contributed by atoms with E-state index in [0.29, 0.717) is 23.1 Å². The van der Waals surface area contributed by atoms with Crippen LogP contribution in [0.1, 0.15) is 11.1 Å². The fraction of sp³-hybridized carbons (Fsp3) is 0.273. The van der Waals surface area contributed by atoms with Crippen LogP contribution in [0.3, 0.4) is 0 Å². The lowest BCUT2D eigenvalue weighted by Gasteiger charge is -2.37. The van der Waals surface area contributed by atoms with Crippen molar-refractivity contribution >= 4 is 17.2 Å². The van der Waals surface area contributed by atoms with E-state index in [0.717, 1.165) is 37.4 Å². The highest BCUT2D eigenvalue weighted by Gasteiger charge is 2.22. The number of aromatic nitrogens is 2. The molecule has 0 bridgehead atoms. The van der Waals surface area contributed by atoms with Gasteiger partial charge in [0, 0.05) is 31.9 Å². The van der Waals surface area contributed by atoms with E-state index < -0.39 is 0 Å². The zero-order valence-electron chi connectivity index (χ0n) is 16.6. The third-order valence-electron chi connectivity index (χ3n) is 5.29. The van der Waals surface area contributed by atoms with Gasteiger partial charge in [0.2, 0.25) is 5.88 Å². The van der Waals surface area contributed by atoms with Crippen molar-refractivity contribution in [2.45, 2.75) is 13.8 Å². The summed E-state index contributed by atoms with van der Waals surface area (Å²) in [5, 5.41) is 0. The van der Waals surface area contributed by atoms with E-state index in [4.69, 9.17) is 10.5 Å². The molecule has 2 N–H and O–H groups in total. The van der Waals surface area contributed by atoms with E-state index in [-0.39, 0.29) is 5.82 Å². The first-order valence-electron chi connectivity index (χ1n) is 9.62. The van der Waals surface area contributed by atoms with Crippen LogP contribution >= 0.6 is 0 Å². The number of benzene rings is 2. The van der Waals surface area contributed by atoms with Crippen LogP contribution < -0.4 is 20.3 Å². The molecule has 1 fully saturated rings. The highest BCUT2D eigenvalue weighted by atomic mass is 19.1. The van der Waals surface area contributed by atoms with Crippen molar-refractivity contribution in [2.75, 3.05) is 41.7 Å². The first-order chi connectivity index (χ1) is 14.0. The van der Waals surface area contributed by atoms with E-state index in [2.05, 4.69) is 26.7 Å². The summed E-state index contributed by atoms with van der Waals surface area (Å²) in [5.74, 6) is 1.51. The molecule has 2 aromatic carbocycles. The van der Waals surface area contributed by atoms with E-state index in [1.807, 2.05) is 25.1 Å². The minimum absolute atomic E-state index is 0.225. The van der Waals surface area contributed by atoms with E-state index >= 15 is 0 Å². The van der Waals surface area contributed by atoms with E-state index in [9.17, 15) is 4.39 Å². The number of nitrogens with two attached hydrogens (primary N) is 1. The number of anilines is 3. The summed E-state index contributed by atoms with van der Waals surface area (Å²) in [4.78, 5) is 13.0. The molecule has 1 aromatic heterocycles. The summed E-state index contributed by atoms with van der Waals surface area (Å²) >= 11 is 0. The molecule has 0 unspecified atom stereocenters. The third-order valence-corrected chi connectivity index (χ3v) is 5.29. The maximum Gasteiger partial charge on any atom is 0.248 e. The maximum atomic E-state index is 13.2. The molecular weight excluding hydrogens is 369 g/mol. The molecule has 0 saturated carbocycles. The third kappa shape index (κ3) is 4.08. The molecule has 7 heteroatoms. The second kappa shape index (κ2) is 7.95. The Morgan fingerprint density at radius 2 is 1.59 bits per heavy atom. The average Bonchev–Trinajstić information content (AvgIpc) is 2.73. The van der Waals surface area contributed by atoms with Gasteiger partial charge in [0.1, 0.15) is 23.6 Å². The minimum atomic E-state index is -0.225. The fourth-order valence-corrected chi connectivity index (χ4v) is 3.42. The Kier molecular flexibility index (Phi) is 5.20. The maximum absolute atomic E-state index is 13.2. The molecular formula is C22H24FN5O. The molecule has 4 rings (SSSR count). The van der Waals surface area contributed by atoms with Crippen LogP contribution in [0.2, 0.25) is 0 Å². The van der Waals surface area contributed by atoms with Crippen molar-refractivity contribution < 1.29 is 9.13 Å². The first kappa shape index (κ1) is 19.0. The Labute approximate surface area is 169 Å². The Bertz CT molecular complexity index is 1000. The largest absolute Gasteiger partial charge is 0.437 e. The monoisotopic (exact) mass is 393 g/mol. The van der Waals surface area contributed by atoms with Crippen molar-refractivity contribution in [3.8, 4) is 11.6 Å². The molecule has 150 valence electrons. The number of nitrogens with zero attached hydrogens (tertiary/aromatic N) is 4. The second-order valence-corrected chi connectivity index (χ2v) is 7.21. The number of piperazine rings is 1. The Hall–Kier alpha value is -3.35. The lowest BCUT2D eigenvalue weighted by molar-refractivity contribution is 0.463. The van der Waals surface area contributed by atoms with Gasteiger partial charge in [0.25, 0.3) is 0 Å². The predicted octanol–water partition coefficient (Wildman–Crippen LogP) is 3.93. The predicted molar refractivity (Wildman–Crippen MR) is 113 cm³/mol. The van der Waals surface area contributed by atoms with Gasteiger partial charge >= 0.3 is 0 Å². The van der Waals surface area contributed by atoms with Gasteiger partial charge in [-0.3, -0.25) is 0 Å². The zero-order valence-corrected chi connectivity index (χ0v) is 16.6. The number of nitrogen functional groups attached to an aromatic ring is 1. The Morgan fingerprint density at radius 1 is 0.897 bits per heavy atom. The van der Waals surface area contributed by atoms with Crippen LogP contribution in [0, 0.1) is 19.7 Å². The summed E-state index contributed by atoms with van der Waals surface area (Å²) in [6, 6.07) is 12.5. The van der Waals surface area contributed by atoms with Crippen molar-refractivity contribution in [1.29, 1.82) is 0 Å². The van der Waals surface area contributed by atoms with Crippen LogP contribution in [0.15, 0.2) is 48.8 Å². The molecule has 0 amide bonds. The molecule has 0 spiro atoms. The van der Waals surface area contributed by atoms with Gasteiger partial charge in [0.05, 0.1) is 0 Å². The Morgan fingerprint density at radius 3 is 2.28 bits per heavy atom. The van der Waals surface area contributed by atoms with Gasteiger partial charge in [-0.15, -0.1) is 0 Å². The molecule has 2 heterocycles. The molecule has 0 aliphatic carbocycles. The highest BCUT2D eigenvalue weighted by molar-refractivity contribution is 5.69. The number of halogens is 1. The van der Waals surface area contributed by atoms with Crippen LogP contribution in [-0.4, -0.2) is 36.1 Å². The Balaban J connectivity index is 1.47. The van der Waals surface area contributed by atoms with Gasteiger partial charge in [-0.25, -0.2) is 9.37 Å². The normalized spacial score (nSPS) is 14.2. The number of rotatable bonds is 4. The van der Waals surface area contributed by atoms with Gasteiger partial charge in [-0.05, 0) is 61.4 Å². The summed E-state index contributed by atoms with van der Waals surface area (Å²) in [6.07, 6.45) is 1.48. The van der Waals surface area contributed by atoms with Crippen LogP contribution in [-0.2, 0) is 0 Å². The van der Waals surface area contributed by atoms with Crippen molar-refractivity contribution in [2.24, 2.45) is 0 Å². The van der Waals surface area contributed by atoms with Crippen LogP contribution in [0.4, 0.5) is 21.6 Å². The summed E-state index contributed by atoms with van der Waals surface area (Å²) < 4.78 is 19.1. The molecule has 0 radical (unpaired) electrons. The van der Waals surface area contributed by atoms with Gasteiger partial charge in [0.15, 0.2) is 5.82 Å². The second-order valence-electron chi connectivity index (χ2n) is 7.21. The highest BCUT2D eigenvalue weighted by Crippen LogP contribution is 2.32. The van der Waals surface area contributed by atoms with Crippen LogP contribution in [0.25, 0.3) is 0 Å². The molecule has 29 heavy (non-hydrogen) atoms. The first-order valence-corrected chi connectivity index (χ1v) is 9.62. The van der Waals surface area contributed by atoms with E-state index in [1.54, 1.807) is 12.1 Å². The molecule has 3 aromatic rings. The van der Waals surface area contributed by atoms with E-state index in [1.165, 1.54) is 24.0 Å². The number of ether oxygens (including phenoxy) is 1. The van der Waals surface area contributed by atoms with Crippen molar-refractivity contribution in [1.82, 2.24) is 9.97 Å². The number of aryl methyl sites for hydroxylation is 2. The smallest absolute Gasteiger partial charge is 0.248 e. The lowest BCUT2D eigenvalue weighted by Crippen LogP contribution is -2.47. The summed E-state index contributed by atoms with van der Waals surface area (Å²) in [5.41, 5.74) is 10.1. The fourth-order valence-electron chi connectivity index (χ4n) is 3.42. The summed E-state index contributed by atoms with van der Waals surface area (Å²) in [6.45, 7) is 7.19. The quantitative estimate of drug-likeness (QED) is 0.724. The SMILES string of the molecule is Cc1ccc(Oc2ncnc(N3CCN(c4ccc(F)cc4)CC3)c2N)cc1C. The molecule has 1 saturated heterocycles. The molecule has 1 aliphatic rings. The molecule has 0 atom stereocenters.